The number of nitrogens with zero attached hydrogens (tertiary/aromatic N) is 4. The number of imidazole rings is 1. The van der Waals surface area contributed by atoms with E-state index < -0.39 is 0 Å². The predicted molar refractivity (Wildman–Crippen MR) is 77.2 cm³/mol. The van der Waals surface area contributed by atoms with Crippen molar-refractivity contribution in [3.63, 3.8) is 0 Å². The molecule has 0 fully saturated rings. The third-order valence-corrected chi connectivity index (χ3v) is 3.77. The summed E-state index contributed by atoms with van der Waals surface area (Å²) in [5, 5.41) is 10.8. The van der Waals surface area contributed by atoms with E-state index in [0.29, 0.717) is 5.69 Å². The maximum atomic E-state index is 12.1. The van der Waals surface area contributed by atoms with Crippen molar-refractivity contribution in [2.24, 2.45) is 0 Å². The van der Waals surface area contributed by atoms with Crippen molar-refractivity contribution in [3.8, 4) is 0 Å². The zero-order chi connectivity index (χ0) is 14.8. The summed E-state index contributed by atoms with van der Waals surface area (Å²) in [5.41, 5.74) is 2.78. The van der Waals surface area contributed by atoms with Crippen molar-refractivity contribution in [3.05, 3.63) is 34.9 Å². The van der Waals surface area contributed by atoms with Crippen LogP contribution < -0.4 is 5.32 Å². The minimum absolute atomic E-state index is 0.224. The van der Waals surface area contributed by atoms with Crippen LogP contribution in [0.2, 0.25) is 0 Å². The van der Waals surface area contributed by atoms with Crippen LogP contribution in [0.1, 0.15) is 48.3 Å². The molecule has 0 saturated carbocycles. The molecule has 0 aliphatic carbocycles. The molecule has 0 spiro atoms. The van der Waals surface area contributed by atoms with Crippen LogP contribution >= 0.6 is 11.3 Å². The minimum Gasteiger partial charge on any atom is -0.361 e. The Hall–Kier alpha value is -2.22. The molecule has 0 unspecified atom stereocenters. The number of aryl methyl sites for hydroxylation is 1. The molecule has 0 radical (unpaired) electrons. The molecule has 0 bridgehead atoms. The van der Waals surface area contributed by atoms with E-state index in [1.807, 2.05) is 20.0 Å². The Balaban J connectivity index is 1.69. The third kappa shape index (κ3) is 2.80. The highest BCUT2D eigenvalue weighted by atomic mass is 32.1. The molecule has 0 saturated heterocycles. The van der Waals surface area contributed by atoms with Gasteiger partial charge in [0.1, 0.15) is 11.3 Å². The van der Waals surface area contributed by atoms with Crippen molar-refractivity contribution >= 4 is 22.2 Å². The summed E-state index contributed by atoms with van der Waals surface area (Å²) in [7, 11) is 0. The van der Waals surface area contributed by atoms with Crippen molar-refractivity contribution in [1.29, 1.82) is 0 Å². The number of hydrogen-bond acceptors (Lipinski definition) is 6. The van der Waals surface area contributed by atoms with Crippen LogP contribution in [0.15, 0.2) is 22.3 Å². The molecular formula is C13H15N5O2S. The number of nitrogens with one attached hydrogen (secondary N) is 1. The summed E-state index contributed by atoms with van der Waals surface area (Å²) < 4.78 is 6.80. The fourth-order valence-electron chi connectivity index (χ4n) is 1.99. The van der Waals surface area contributed by atoms with Crippen LogP contribution in [0.3, 0.4) is 0 Å². The van der Waals surface area contributed by atoms with E-state index >= 15 is 0 Å². The van der Waals surface area contributed by atoms with Gasteiger partial charge in [-0.1, -0.05) is 23.4 Å². The van der Waals surface area contributed by atoms with E-state index in [9.17, 15) is 4.79 Å². The van der Waals surface area contributed by atoms with Crippen LogP contribution in [0.4, 0.5) is 0 Å². The van der Waals surface area contributed by atoms with Crippen LogP contribution in [-0.2, 0) is 6.42 Å². The summed E-state index contributed by atoms with van der Waals surface area (Å²) >= 11 is 1.45. The lowest BCUT2D eigenvalue weighted by Gasteiger charge is -2.09. The number of rotatable bonds is 5. The number of aromatic nitrogens is 4. The lowest BCUT2D eigenvalue weighted by Crippen LogP contribution is -2.27. The SMILES string of the molecule is CCCc1cc(C(=O)N[C@H](C)c2cn3ncsc3n2)no1. The van der Waals surface area contributed by atoms with Gasteiger partial charge in [-0.15, -0.1) is 0 Å². The van der Waals surface area contributed by atoms with Gasteiger partial charge in [0.15, 0.2) is 5.69 Å². The number of fused-ring (bicyclic) bond motifs is 1. The van der Waals surface area contributed by atoms with Crippen LogP contribution in [0.25, 0.3) is 4.96 Å². The summed E-state index contributed by atoms with van der Waals surface area (Å²) in [6, 6.07) is 1.46. The van der Waals surface area contributed by atoms with E-state index in [2.05, 4.69) is 20.6 Å². The maximum absolute atomic E-state index is 12.1. The van der Waals surface area contributed by atoms with Crippen molar-refractivity contribution < 1.29 is 9.32 Å². The van der Waals surface area contributed by atoms with E-state index in [4.69, 9.17) is 4.52 Å². The van der Waals surface area contributed by atoms with E-state index in [1.165, 1.54) is 11.3 Å². The molecule has 3 heterocycles. The Morgan fingerprint density at radius 1 is 1.57 bits per heavy atom. The summed E-state index contributed by atoms with van der Waals surface area (Å²) in [5.74, 6) is 0.458. The van der Waals surface area contributed by atoms with Gasteiger partial charge in [0, 0.05) is 12.5 Å². The van der Waals surface area contributed by atoms with Gasteiger partial charge >= 0.3 is 0 Å². The molecule has 3 aromatic rings. The van der Waals surface area contributed by atoms with Gasteiger partial charge in [-0.3, -0.25) is 4.79 Å². The first-order valence-electron chi connectivity index (χ1n) is 6.72. The molecule has 0 aliphatic rings. The zero-order valence-corrected chi connectivity index (χ0v) is 12.6. The van der Waals surface area contributed by atoms with Crippen molar-refractivity contribution in [2.45, 2.75) is 32.7 Å². The minimum atomic E-state index is -0.266. The van der Waals surface area contributed by atoms with Crippen molar-refractivity contribution in [2.75, 3.05) is 0 Å². The number of carbonyl (C=O) groups excluding carboxylic acids is 1. The Morgan fingerprint density at radius 2 is 2.43 bits per heavy atom. The standard InChI is InChI=1S/C13H15N5O2S/c1-3-4-9-5-10(17-20-9)12(19)15-8(2)11-6-18-13(16-11)21-7-14-18/h5-8H,3-4H2,1-2H3,(H,15,19)/t8-/m1/s1. The molecule has 3 aromatic heterocycles. The van der Waals surface area contributed by atoms with Crippen LogP contribution in [0, 0.1) is 0 Å². The van der Waals surface area contributed by atoms with E-state index in [1.54, 1.807) is 16.1 Å². The van der Waals surface area contributed by atoms with Gasteiger partial charge < -0.3 is 9.84 Å². The Kier molecular flexibility index (Phi) is 3.70. The first-order valence-corrected chi connectivity index (χ1v) is 7.60. The largest absolute Gasteiger partial charge is 0.361 e. The van der Waals surface area contributed by atoms with Gasteiger partial charge in [-0.2, -0.15) is 5.10 Å². The number of hydrogen-bond donors (Lipinski definition) is 1. The van der Waals surface area contributed by atoms with Gasteiger partial charge in [-0.05, 0) is 13.3 Å². The predicted octanol–water partition coefficient (Wildman–Crippen LogP) is 2.22. The quantitative estimate of drug-likeness (QED) is 0.781. The zero-order valence-electron chi connectivity index (χ0n) is 11.7. The molecular weight excluding hydrogens is 290 g/mol. The molecule has 0 aliphatic heterocycles. The Morgan fingerprint density at radius 3 is 3.19 bits per heavy atom. The van der Waals surface area contributed by atoms with E-state index in [0.717, 1.165) is 29.3 Å². The highest BCUT2D eigenvalue weighted by Gasteiger charge is 2.18. The average molecular weight is 305 g/mol. The van der Waals surface area contributed by atoms with Gasteiger partial charge in [0.05, 0.1) is 17.9 Å². The second-order valence-electron chi connectivity index (χ2n) is 4.76. The second kappa shape index (κ2) is 5.65. The molecule has 7 nitrogen and oxygen atoms in total. The van der Waals surface area contributed by atoms with Gasteiger partial charge in [0.2, 0.25) is 4.96 Å². The molecule has 1 amide bonds. The summed E-state index contributed by atoms with van der Waals surface area (Å²) in [6.07, 6.45) is 3.53. The smallest absolute Gasteiger partial charge is 0.273 e. The van der Waals surface area contributed by atoms with Gasteiger partial charge in [-0.25, -0.2) is 9.50 Å². The summed E-state index contributed by atoms with van der Waals surface area (Å²) in [4.78, 5) is 17.3. The van der Waals surface area contributed by atoms with Crippen LogP contribution in [0.5, 0.6) is 0 Å². The first-order chi connectivity index (χ1) is 10.2. The fraction of sp³-hybridized carbons (Fsp3) is 0.385. The number of carbonyl (C=O) groups is 1. The topological polar surface area (TPSA) is 85.3 Å². The molecule has 0 aromatic carbocycles. The lowest BCUT2D eigenvalue weighted by molar-refractivity contribution is 0.0930. The maximum Gasteiger partial charge on any atom is 0.273 e. The normalized spacial score (nSPS) is 12.7. The molecule has 1 atom stereocenters. The Labute approximate surface area is 125 Å². The highest BCUT2D eigenvalue weighted by molar-refractivity contribution is 7.14. The number of amides is 1. The van der Waals surface area contributed by atoms with E-state index in [-0.39, 0.29) is 11.9 Å². The third-order valence-electron chi connectivity index (χ3n) is 3.08. The summed E-state index contributed by atoms with van der Waals surface area (Å²) in [6.45, 7) is 3.92. The highest BCUT2D eigenvalue weighted by Crippen LogP contribution is 2.16. The Bertz CT molecular complexity index is 731. The second-order valence-corrected chi connectivity index (χ2v) is 5.57. The molecule has 3 rings (SSSR count). The molecule has 110 valence electrons. The lowest BCUT2D eigenvalue weighted by atomic mass is 10.2. The molecule has 8 heteroatoms. The van der Waals surface area contributed by atoms with Crippen molar-refractivity contribution in [1.82, 2.24) is 25.1 Å². The molecule has 21 heavy (non-hydrogen) atoms. The molecule has 1 N–H and O–H groups in total. The van der Waals surface area contributed by atoms with Crippen LogP contribution in [-0.4, -0.2) is 25.7 Å². The van der Waals surface area contributed by atoms with Gasteiger partial charge in [0.25, 0.3) is 5.91 Å². The fourth-order valence-corrected chi connectivity index (χ4v) is 2.60. The first kappa shape index (κ1) is 13.7. The monoisotopic (exact) mass is 305 g/mol. The average Bonchev–Trinajstić information content (AvgIpc) is 3.13.